The molecule has 4 heterocycles. The van der Waals surface area contributed by atoms with Crippen molar-refractivity contribution < 1.29 is 19.4 Å². The molecule has 1 atom stereocenters. The van der Waals surface area contributed by atoms with Crippen molar-refractivity contribution in [3.05, 3.63) is 81.5 Å². The van der Waals surface area contributed by atoms with Gasteiger partial charge >= 0.3 is 0 Å². The molecule has 2 fully saturated rings. The lowest BCUT2D eigenvalue weighted by atomic mass is 9.81. The van der Waals surface area contributed by atoms with Crippen molar-refractivity contribution in [1.82, 2.24) is 25.5 Å². The minimum atomic E-state index is -0.135. The summed E-state index contributed by atoms with van der Waals surface area (Å²) in [6.45, 7) is 4.03. The van der Waals surface area contributed by atoms with E-state index in [4.69, 9.17) is 42.6 Å². The second-order valence-electron chi connectivity index (χ2n) is 13.3. The lowest BCUT2D eigenvalue weighted by molar-refractivity contribution is -0.119. The molecule has 3 N–H and O–H groups in total. The zero-order valence-corrected chi connectivity index (χ0v) is 29.3. The second-order valence-corrected chi connectivity index (χ2v) is 14.0. The molecule has 1 saturated heterocycles. The Balaban J connectivity index is 1.13. The summed E-state index contributed by atoms with van der Waals surface area (Å²) in [4.78, 5) is 23.5. The summed E-state index contributed by atoms with van der Waals surface area (Å²) < 4.78 is 11.6. The molecule has 0 unspecified atom stereocenters. The van der Waals surface area contributed by atoms with Crippen LogP contribution in [0.15, 0.2) is 54.7 Å². The maximum atomic E-state index is 11.5. The van der Waals surface area contributed by atoms with E-state index in [1.807, 2.05) is 42.5 Å². The van der Waals surface area contributed by atoms with Crippen molar-refractivity contribution in [2.45, 2.75) is 57.3 Å². The zero-order valence-electron chi connectivity index (χ0n) is 27.8. The van der Waals surface area contributed by atoms with Crippen LogP contribution in [0.3, 0.4) is 0 Å². The van der Waals surface area contributed by atoms with Gasteiger partial charge in [0.1, 0.15) is 5.75 Å². The lowest BCUT2D eigenvalue weighted by Crippen LogP contribution is -2.40. The average Bonchev–Trinajstić information content (AvgIpc) is 3.52. The Kier molecular flexibility index (Phi) is 10.1. The number of aliphatic hydroxyl groups is 1. The van der Waals surface area contributed by atoms with Crippen LogP contribution in [0.25, 0.3) is 33.6 Å². The molecule has 2 aromatic carbocycles. The second kappa shape index (κ2) is 14.6. The molecule has 49 heavy (non-hydrogen) atoms. The van der Waals surface area contributed by atoms with Gasteiger partial charge in [0.25, 0.3) is 0 Å². The van der Waals surface area contributed by atoms with E-state index in [1.165, 1.54) is 11.1 Å². The number of carbonyl (C=O) groups is 1. The molecule has 4 aromatic rings. The van der Waals surface area contributed by atoms with Crippen LogP contribution in [0.1, 0.15) is 42.4 Å². The van der Waals surface area contributed by atoms with Gasteiger partial charge in [-0.1, -0.05) is 47.5 Å². The fourth-order valence-electron chi connectivity index (χ4n) is 7.31. The molecular weight excluding hydrogens is 661 g/mol. The van der Waals surface area contributed by atoms with Gasteiger partial charge < -0.3 is 25.2 Å². The van der Waals surface area contributed by atoms with Gasteiger partial charge in [-0.05, 0) is 61.4 Å². The highest BCUT2D eigenvalue weighted by Gasteiger charge is 2.31. The number of benzene rings is 2. The number of nitrogens with one attached hydrogen (secondary N) is 2. The quantitative estimate of drug-likeness (QED) is 0.167. The molecule has 1 amide bonds. The number of carbonyl (C=O) groups excluding carboxylic acids is 1. The van der Waals surface area contributed by atoms with Crippen LogP contribution in [0.2, 0.25) is 10.0 Å². The Hall–Kier alpha value is -3.73. The summed E-state index contributed by atoms with van der Waals surface area (Å²) in [5.74, 6) is 2.01. The van der Waals surface area contributed by atoms with Crippen molar-refractivity contribution >= 4 is 29.1 Å². The molecule has 11 heteroatoms. The van der Waals surface area contributed by atoms with Crippen molar-refractivity contribution in [3.63, 3.8) is 0 Å². The van der Waals surface area contributed by atoms with Crippen LogP contribution in [0, 0.1) is 5.92 Å². The molecule has 7 rings (SSSR count). The number of rotatable bonds is 11. The Morgan fingerprint density at radius 1 is 1.02 bits per heavy atom. The van der Waals surface area contributed by atoms with Gasteiger partial charge in [-0.25, -0.2) is 4.98 Å². The van der Waals surface area contributed by atoms with Crippen molar-refractivity contribution in [1.29, 1.82) is 0 Å². The van der Waals surface area contributed by atoms with Gasteiger partial charge in [0.05, 0.1) is 41.8 Å². The van der Waals surface area contributed by atoms with E-state index in [-0.39, 0.29) is 18.1 Å². The van der Waals surface area contributed by atoms with Crippen LogP contribution in [0.5, 0.6) is 11.6 Å². The monoisotopic (exact) mass is 701 g/mol. The Morgan fingerprint density at radius 2 is 1.84 bits per heavy atom. The number of hydrogen-bond acceptors (Lipinski definition) is 8. The normalized spacial score (nSPS) is 20.4. The van der Waals surface area contributed by atoms with Crippen LogP contribution < -0.4 is 20.1 Å². The topological polar surface area (TPSA) is 109 Å². The smallest absolute Gasteiger partial charge is 0.220 e. The number of fused-ring (bicyclic) bond motifs is 1. The molecule has 3 aliphatic rings. The van der Waals surface area contributed by atoms with E-state index >= 15 is 0 Å². The van der Waals surface area contributed by atoms with Crippen LogP contribution in [0.4, 0.5) is 0 Å². The molecule has 0 radical (unpaired) electrons. The lowest BCUT2D eigenvalue weighted by Gasteiger charge is -2.38. The number of nitrogens with zero attached hydrogens (tertiary/aromatic N) is 3. The molecular formula is C38H41Cl2N5O4. The van der Waals surface area contributed by atoms with Gasteiger partial charge in [0.15, 0.2) is 0 Å². The molecule has 0 spiro atoms. The highest BCUT2D eigenvalue weighted by molar-refractivity contribution is 6.39. The van der Waals surface area contributed by atoms with Gasteiger partial charge in [-0.15, -0.1) is 0 Å². The minimum Gasteiger partial charge on any atom is -0.496 e. The third-order valence-electron chi connectivity index (χ3n) is 9.98. The van der Waals surface area contributed by atoms with Crippen LogP contribution in [-0.2, 0) is 24.3 Å². The van der Waals surface area contributed by atoms with Crippen molar-refractivity contribution in [2.75, 3.05) is 33.9 Å². The Morgan fingerprint density at radius 3 is 2.59 bits per heavy atom. The standard InChI is InChI=1S/C38H41Cl2N5O4/c1-48-33-17-25(16-23-11-13-45(21-31(23)33)20-22-14-27(46)15-22)37-36(40)29(10-12-42-37)28-4-3-5-30(35(28)39)32-8-6-24(38(44-32)49-2)18-41-19-26-7-9-34(47)43-26/h3-6,8,10,12,16-17,22,26-27,41,46H,7,9,11,13-15,18-21H2,1-2H3,(H,43,47)/t22-,26-,27+/m0/s1. The minimum absolute atomic E-state index is 0.104. The van der Waals surface area contributed by atoms with Gasteiger partial charge in [0.2, 0.25) is 11.8 Å². The van der Waals surface area contributed by atoms with E-state index in [1.54, 1.807) is 20.4 Å². The maximum Gasteiger partial charge on any atom is 0.220 e. The van der Waals surface area contributed by atoms with Crippen molar-refractivity contribution in [2.24, 2.45) is 5.92 Å². The first kappa shape index (κ1) is 33.8. The molecule has 1 aliphatic carbocycles. The summed E-state index contributed by atoms with van der Waals surface area (Å²) in [6, 6.07) is 16.0. The number of methoxy groups -OCH3 is 2. The molecule has 256 valence electrons. The highest BCUT2D eigenvalue weighted by Crippen LogP contribution is 2.43. The largest absolute Gasteiger partial charge is 0.496 e. The number of ether oxygens (including phenoxy) is 2. The molecule has 1 saturated carbocycles. The first-order chi connectivity index (χ1) is 23.8. The first-order valence-corrected chi connectivity index (χ1v) is 17.6. The third kappa shape index (κ3) is 7.14. The van der Waals surface area contributed by atoms with E-state index in [2.05, 4.69) is 21.6 Å². The number of hydrogen-bond donors (Lipinski definition) is 3. The predicted octanol–water partition coefficient (Wildman–Crippen LogP) is 6.30. The highest BCUT2D eigenvalue weighted by atomic mass is 35.5. The Labute approximate surface area is 297 Å². The molecule has 0 bridgehead atoms. The van der Waals surface area contributed by atoms with Gasteiger partial charge in [0, 0.05) is 84.8 Å². The number of aromatic nitrogens is 2. The maximum absolute atomic E-state index is 11.5. The summed E-state index contributed by atoms with van der Waals surface area (Å²) in [5.41, 5.74) is 7.92. The SMILES string of the molecule is COc1cc(-c2nccc(-c3cccc(-c4ccc(CNC[C@@H]5CCC(=O)N5)c(OC)n4)c3Cl)c2Cl)cc2c1CN(C[C@H]1C[C@@H](O)C1)CC2. The third-order valence-corrected chi connectivity index (χ3v) is 10.8. The first-order valence-electron chi connectivity index (χ1n) is 16.9. The zero-order chi connectivity index (χ0) is 34.1. The van der Waals surface area contributed by atoms with Gasteiger partial charge in [-0.2, -0.15) is 0 Å². The van der Waals surface area contributed by atoms with Crippen LogP contribution >= 0.6 is 23.2 Å². The number of amides is 1. The fourth-order valence-corrected chi connectivity index (χ4v) is 7.96. The van der Waals surface area contributed by atoms with Crippen molar-refractivity contribution in [3.8, 4) is 45.3 Å². The van der Waals surface area contributed by atoms with E-state index in [0.717, 1.165) is 78.9 Å². The molecule has 9 nitrogen and oxygen atoms in total. The summed E-state index contributed by atoms with van der Waals surface area (Å²) >= 11 is 14.3. The van der Waals surface area contributed by atoms with E-state index < -0.39 is 0 Å². The summed E-state index contributed by atoms with van der Waals surface area (Å²) in [7, 11) is 3.32. The molecule has 2 aromatic heterocycles. The number of pyridine rings is 2. The number of aliphatic hydroxyl groups excluding tert-OH is 1. The van der Waals surface area contributed by atoms with Gasteiger partial charge in [-0.3, -0.25) is 14.7 Å². The molecule has 2 aliphatic heterocycles. The van der Waals surface area contributed by atoms with E-state index in [9.17, 15) is 9.90 Å². The predicted molar refractivity (Wildman–Crippen MR) is 192 cm³/mol. The number of halogens is 2. The Bertz CT molecular complexity index is 1850. The van der Waals surface area contributed by atoms with Crippen LogP contribution in [-0.4, -0.2) is 71.9 Å². The summed E-state index contributed by atoms with van der Waals surface area (Å²) in [5, 5.41) is 17.1. The summed E-state index contributed by atoms with van der Waals surface area (Å²) in [6.07, 6.45) is 5.74. The average molecular weight is 703 g/mol. The fraction of sp³-hybridized carbons (Fsp3) is 0.395. The van der Waals surface area contributed by atoms with E-state index in [0.29, 0.717) is 52.7 Å².